The Bertz CT molecular complexity index is 2180. The van der Waals surface area contributed by atoms with Gasteiger partial charge in [-0.25, -0.2) is 32.0 Å². The fourth-order valence-corrected chi connectivity index (χ4v) is 11.2. The molecule has 1 saturated heterocycles. The Morgan fingerprint density at radius 2 is 1.77 bits per heavy atom. The maximum absolute atomic E-state index is 15.1. The monoisotopic (exact) mass is 888 g/mol. The zero-order valence-corrected chi connectivity index (χ0v) is 37.7. The van der Waals surface area contributed by atoms with Crippen molar-refractivity contribution in [2.75, 3.05) is 13.7 Å². The van der Waals surface area contributed by atoms with Gasteiger partial charge in [0, 0.05) is 18.4 Å². The Balaban J connectivity index is 1.29. The summed E-state index contributed by atoms with van der Waals surface area (Å²) >= 11 is 0. The van der Waals surface area contributed by atoms with E-state index in [1.165, 1.54) is 11.8 Å². The summed E-state index contributed by atoms with van der Waals surface area (Å²) < 4.78 is 73.5. The number of alkyl halides is 2. The summed E-state index contributed by atoms with van der Waals surface area (Å²) in [5, 5.41) is 5.55. The minimum Gasteiger partial charge on any atom is -0.497 e. The molecule has 0 spiro atoms. The lowest BCUT2D eigenvalue weighted by Crippen LogP contribution is -2.61. The van der Waals surface area contributed by atoms with E-state index in [2.05, 4.69) is 15.4 Å². The van der Waals surface area contributed by atoms with Crippen LogP contribution in [0.25, 0.3) is 11.0 Å². The molecule has 4 amide bonds. The molecule has 2 bridgehead atoms. The van der Waals surface area contributed by atoms with E-state index in [4.69, 9.17) is 24.2 Å². The third kappa shape index (κ3) is 9.03. The number of alkyl carbamates (subject to hydrolysis) is 1. The van der Waals surface area contributed by atoms with E-state index in [-0.39, 0.29) is 31.2 Å². The summed E-state index contributed by atoms with van der Waals surface area (Å²) in [6, 6.07) is 2.81. The van der Waals surface area contributed by atoms with Crippen molar-refractivity contribution in [3.05, 3.63) is 23.9 Å². The van der Waals surface area contributed by atoms with E-state index in [1.807, 2.05) is 19.9 Å². The highest BCUT2D eigenvalue weighted by Crippen LogP contribution is 2.50. The van der Waals surface area contributed by atoms with E-state index in [1.54, 1.807) is 40.0 Å². The second-order valence-corrected chi connectivity index (χ2v) is 21.9. The van der Waals surface area contributed by atoms with E-state index < -0.39 is 98.0 Å². The van der Waals surface area contributed by atoms with E-state index in [0.29, 0.717) is 48.2 Å². The van der Waals surface area contributed by atoms with Crippen LogP contribution in [-0.2, 0) is 35.6 Å². The summed E-state index contributed by atoms with van der Waals surface area (Å²) in [7, 11) is -2.65. The van der Waals surface area contributed by atoms with Crippen molar-refractivity contribution < 1.29 is 50.6 Å². The number of sulfonamides is 1. The third-order valence-electron chi connectivity index (χ3n) is 14.2. The average Bonchev–Trinajstić information content (AvgIpc) is 4.03. The van der Waals surface area contributed by atoms with Crippen LogP contribution >= 0.6 is 0 Å². The van der Waals surface area contributed by atoms with Crippen molar-refractivity contribution in [2.45, 2.75) is 166 Å². The van der Waals surface area contributed by atoms with Crippen LogP contribution in [0.2, 0.25) is 0 Å². The number of aryl methyl sites for hydroxylation is 1. The van der Waals surface area contributed by atoms with Gasteiger partial charge in [-0.15, -0.1) is 0 Å². The molecule has 0 radical (unpaired) electrons. The van der Waals surface area contributed by atoms with Crippen LogP contribution in [0.1, 0.15) is 124 Å². The second kappa shape index (κ2) is 17.0. The quantitative estimate of drug-likeness (QED) is 0.269. The largest absolute Gasteiger partial charge is 0.497 e. The summed E-state index contributed by atoms with van der Waals surface area (Å²) in [6.45, 7) is 10.4. The molecule has 1 aromatic heterocycles. The molecular formula is C44H62F2N6O9S. The van der Waals surface area contributed by atoms with Crippen molar-refractivity contribution in [3.8, 4) is 11.6 Å². The predicted octanol–water partition coefficient (Wildman–Crippen LogP) is 5.97. The van der Waals surface area contributed by atoms with Gasteiger partial charge < -0.3 is 29.7 Å². The highest BCUT2D eigenvalue weighted by Gasteiger charge is 2.65. The van der Waals surface area contributed by atoms with Gasteiger partial charge in [0.15, 0.2) is 0 Å². The van der Waals surface area contributed by atoms with Crippen molar-refractivity contribution in [1.29, 1.82) is 0 Å². The van der Waals surface area contributed by atoms with Gasteiger partial charge >= 0.3 is 6.09 Å². The number of nitrogens with zero attached hydrogens (tertiary/aromatic N) is 3. The first-order chi connectivity index (χ1) is 29.1. The first kappa shape index (κ1) is 45.7. The number of methoxy groups -OCH3 is 1. The lowest BCUT2D eigenvalue weighted by Gasteiger charge is -2.37. The maximum Gasteiger partial charge on any atom is 0.408 e. The summed E-state index contributed by atoms with van der Waals surface area (Å²) in [6.07, 6.45) is 1.86. The number of rotatable bonds is 9. The zero-order chi connectivity index (χ0) is 45.0. The normalized spacial score (nSPS) is 31.4. The van der Waals surface area contributed by atoms with E-state index >= 15 is 4.79 Å². The molecule has 3 heterocycles. The van der Waals surface area contributed by atoms with Crippen molar-refractivity contribution in [1.82, 2.24) is 30.2 Å². The Labute approximate surface area is 362 Å². The Hall–Kier alpha value is -4.35. The van der Waals surface area contributed by atoms with E-state index in [0.717, 1.165) is 38.5 Å². The van der Waals surface area contributed by atoms with Gasteiger partial charge in [0.25, 0.3) is 5.91 Å². The molecule has 5 aliphatic rings. The van der Waals surface area contributed by atoms with Crippen LogP contribution < -0.4 is 24.8 Å². The molecule has 342 valence electrons. The molecule has 2 aromatic rings. The van der Waals surface area contributed by atoms with Crippen LogP contribution in [0.4, 0.5) is 13.6 Å². The minimum atomic E-state index is -4.20. The SMILES string of the molecule is CCC1C2CN(C(=O)C(C(C)(C)C)NC(=O)OC3(C)CCCC3CCCCCc3nc4ccc(OC)cc4nc3O2)C1C(=O)NC1(C(=O)NS(=O)(=O)C2(C)CC2)CC1CC(F)F. The van der Waals surface area contributed by atoms with Gasteiger partial charge in [-0.05, 0) is 107 Å². The molecule has 1 aromatic carbocycles. The molecule has 7 rings (SSSR count). The van der Waals surface area contributed by atoms with Gasteiger partial charge in [0.1, 0.15) is 40.8 Å². The van der Waals surface area contributed by atoms with Crippen LogP contribution in [0.15, 0.2) is 18.2 Å². The second-order valence-electron chi connectivity index (χ2n) is 19.7. The molecule has 8 unspecified atom stereocenters. The highest BCUT2D eigenvalue weighted by molar-refractivity contribution is 7.91. The molecule has 2 aliphatic heterocycles. The number of halogens is 2. The summed E-state index contributed by atoms with van der Waals surface area (Å²) in [5.41, 5.74) is -1.88. The smallest absolute Gasteiger partial charge is 0.408 e. The van der Waals surface area contributed by atoms with Gasteiger partial charge in [-0.3, -0.25) is 19.1 Å². The number of amides is 4. The third-order valence-corrected chi connectivity index (χ3v) is 16.4. The predicted molar refractivity (Wildman–Crippen MR) is 225 cm³/mol. The molecule has 3 saturated carbocycles. The number of hydrogen-bond acceptors (Lipinski definition) is 11. The minimum absolute atomic E-state index is 0.117. The molecular weight excluding hydrogens is 827 g/mol. The Morgan fingerprint density at radius 1 is 1.05 bits per heavy atom. The van der Waals surface area contributed by atoms with Crippen LogP contribution in [0, 0.1) is 23.2 Å². The van der Waals surface area contributed by atoms with Crippen LogP contribution in [0.5, 0.6) is 11.6 Å². The lowest BCUT2D eigenvalue weighted by molar-refractivity contribution is -0.144. The number of ether oxygens (including phenoxy) is 3. The number of carbonyl (C=O) groups excluding carboxylic acids is 4. The van der Waals surface area contributed by atoms with Crippen molar-refractivity contribution >= 4 is 44.9 Å². The van der Waals surface area contributed by atoms with Gasteiger partial charge in [-0.2, -0.15) is 0 Å². The molecule has 3 N–H and O–H groups in total. The number of carbonyl (C=O) groups is 4. The average molecular weight is 889 g/mol. The topological polar surface area (TPSA) is 195 Å². The van der Waals surface area contributed by atoms with Gasteiger partial charge in [0.05, 0.1) is 29.4 Å². The van der Waals surface area contributed by atoms with Crippen LogP contribution in [0.3, 0.4) is 0 Å². The maximum atomic E-state index is 15.1. The number of nitrogens with one attached hydrogen (secondary N) is 3. The zero-order valence-electron chi connectivity index (χ0n) is 36.9. The number of aromatic nitrogens is 2. The van der Waals surface area contributed by atoms with Crippen molar-refractivity contribution in [3.63, 3.8) is 0 Å². The number of hydrogen-bond donors (Lipinski definition) is 3. The molecule has 15 nitrogen and oxygen atoms in total. The molecule has 8 atom stereocenters. The van der Waals surface area contributed by atoms with Crippen molar-refractivity contribution in [2.24, 2.45) is 23.2 Å². The first-order valence-corrected chi connectivity index (χ1v) is 23.6. The number of fused-ring (bicyclic) bond motifs is 5. The number of benzene rings is 1. The standard InChI is InChI=1S/C44H62F2N6O9S/c1-8-28-32-24-52(34(28)36(53)50-44(23-26(44)21-33(45)46)39(55)51-62(57,58)42(5)19-20-42)38(54)35(41(2,3)4)49-40(56)61-43(6)18-12-14-25(43)13-10-9-11-15-30-37(60-32)48-31-22-27(59-7)16-17-29(31)47-30/h16-17,22,25-26,28,32-35H,8-15,18-21,23-24H2,1-7H3,(H,49,56)(H,50,53)(H,51,55). The fraction of sp³-hybridized carbons (Fsp3) is 0.727. The Morgan fingerprint density at radius 3 is 2.44 bits per heavy atom. The molecule has 4 fully saturated rings. The summed E-state index contributed by atoms with van der Waals surface area (Å²) in [4.78, 5) is 69.0. The Kier molecular flexibility index (Phi) is 12.5. The molecule has 62 heavy (non-hydrogen) atoms. The fourth-order valence-electron chi connectivity index (χ4n) is 9.85. The van der Waals surface area contributed by atoms with Gasteiger partial charge in [0.2, 0.25) is 34.1 Å². The lowest BCUT2D eigenvalue weighted by atomic mass is 9.85. The van der Waals surface area contributed by atoms with E-state index in [9.17, 15) is 31.6 Å². The van der Waals surface area contributed by atoms with Gasteiger partial charge in [-0.1, -0.05) is 40.5 Å². The first-order valence-electron chi connectivity index (χ1n) is 22.1. The summed E-state index contributed by atoms with van der Waals surface area (Å²) in [5.74, 6) is -3.46. The highest BCUT2D eigenvalue weighted by atomic mass is 32.2. The van der Waals surface area contributed by atoms with Crippen LogP contribution in [-0.4, -0.2) is 101 Å². The molecule has 18 heteroatoms. The molecule has 3 aliphatic carbocycles.